The van der Waals surface area contributed by atoms with Gasteiger partial charge < -0.3 is 15.4 Å². The number of halogens is 1. The Labute approximate surface area is 123 Å². The van der Waals surface area contributed by atoms with Gasteiger partial charge in [0.1, 0.15) is 11.6 Å². The van der Waals surface area contributed by atoms with Crippen molar-refractivity contribution in [3.63, 3.8) is 0 Å². The summed E-state index contributed by atoms with van der Waals surface area (Å²) in [6.45, 7) is 2.53. The van der Waals surface area contributed by atoms with Gasteiger partial charge in [0.2, 0.25) is 5.91 Å². The molecule has 0 fully saturated rings. The summed E-state index contributed by atoms with van der Waals surface area (Å²) in [5, 5.41) is 0. The Kier molecular flexibility index (Phi) is 6.38. The third-order valence-corrected chi connectivity index (χ3v) is 3.05. The second-order valence-electron chi connectivity index (χ2n) is 4.54. The van der Waals surface area contributed by atoms with Crippen LogP contribution in [0.2, 0.25) is 0 Å². The molecule has 2 N–H and O–H groups in total. The van der Waals surface area contributed by atoms with Gasteiger partial charge >= 0.3 is 0 Å². The Morgan fingerprint density at radius 1 is 1.45 bits per heavy atom. The fraction of sp³-hybridized carbons (Fsp3) is 0.429. The first-order chi connectivity index (χ1) is 9.40. The Morgan fingerprint density at radius 3 is 2.80 bits per heavy atom. The van der Waals surface area contributed by atoms with Gasteiger partial charge in [-0.1, -0.05) is 18.3 Å². The lowest BCUT2D eigenvalue weighted by Crippen LogP contribution is -2.30. The number of thiocarbonyl (C=S) groups is 1. The van der Waals surface area contributed by atoms with Crippen molar-refractivity contribution in [1.82, 2.24) is 4.90 Å². The summed E-state index contributed by atoms with van der Waals surface area (Å²) < 4.78 is 18.5. The Balaban J connectivity index is 2.38. The number of nitrogens with two attached hydrogens (primary N) is 1. The fourth-order valence-corrected chi connectivity index (χ4v) is 1.66. The molecule has 110 valence electrons. The number of hydrogen-bond acceptors (Lipinski definition) is 3. The van der Waals surface area contributed by atoms with Gasteiger partial charge in [0.25, 0.3) is 0 Å². The van der Waals surface area contributed by atoms with Crippen molar-refractivity contribution in [3.05, 3.63) is 29.6 Å². The quantitative estimate of drug-likeness (QED) is 0.783. The summed E-state index contributed by atoms with van der Waals surface area (Å²) in [7, 11) is 1.69. The number of ether oxygens (including phenoxy) is 1. The number of benzene rings is 1. The molecule has 0 spiro atoms. The zero-order chi connectivity index (χ0) is 15.1. The molecule has 0 radical (unpaired) electrons. The molecule has 0 aliphatic heterocycles. The third-order valence-electron chi connectivity index (χ3n) is 2.84. The minimum Gasteiger partial charge on any atom is -0.493 e. The molecule has 0 heterocycles. The molecule has 0 saturated heterocycles. The van der Waals surface area contributed by atoms with Gasteiger partial charge in [0.05, 0.1) is 18.0 Å². The number of carbonyl (C=O) groups is 1. The monoisotopic (exact) mass is 298 g/mol. The van der Waals surface area contributed by atoms with Gasteiger partial charge in [-0.2, -0.15) is 0 Å². The summed E-state index contributed by atoms with van der Waals surface area (Å²) in [5.74, 6) is 0.0457. The summed E-state index contributed by atoms with van der Waals surface area (Å²) in [5.41, 5.74) is 6.22. The summed E-state index contributed by atoms with van der Waals surface area (Å²) >= 11 is 4.76. The van der Waals surface area contributed by atoms with Crippen LogP contribution < -0.4 is 10.5 Å². The van der Waals surface area contributed by atoms with E-state index in [4.69, 9.17) is 22.7 Å². The van der Waals surface area contributed by atoms with Crippen LogP contribution in [0.15, 0.2) is 18.2 Å². The van der Waals surface area contributed by atoms with Crippen LogP contribution >= 0.6 is 12.2 Å². The topological polar surface area (TPSA) is 55.6 Å². The SMILES string of the molecule is Cc1ccc(F)cc1OCCC(=O)N(C)CCC(N)=S. The minimum atomic E-state index is -0.356. The van der Waals surface area contributed by atoms with Crippen LogP contribution in [0.25, 0.3) is 0 Å². The predicted octanol–water partition coefficient (Wildman–Crippen LogP) is 2.04. The highest BCUT2D eigenvalue weighted by Crippen LogP contribution is 2.18. The zero-order valence-electron chi connectivity index (χ0n) is 11.7. The molecule has 0 saturated carbocycles. The van der Waals surface area contributed by atoms with E-state index in [0.717, 1.165) is 5.56 Å². The van der Waals surface area contributed by atoms with Gasteiger partial charge in [-0.05, 0) is 18.6 Å². The van der Waals surface area contributed by atoms with Crippen LogP contribution in [-0.4, -0.2) is 36.0 Å². The average molecular weight is 298 g/mol. The molecule has 1 aromatic rings. The first-order valence-electron chi connectivity index (χ1n) is 6.31. The second-order valence-corrected chi connectivity index (χ2v) is 5.06. The van der Waals surface area contributed by atoms with Gasteiger partial charge in [0, 0.05) is 26.1 Å². The highest BCUT2D eigenvalue weighted by molar-refractivity contribution is 7.80. The average Bonchev–Trinajstić information content (AvgIpc) is 2.39. The van der Waals surface area contributed by atoms with Crippen LogP contribution in [0.5, 0.6) is 5.75 Å². The normalized spacial score (nSPS) is 10.2. The van der Waals surface area contributed by atoms with Crippen LogP contribution in [0.3, 0.4) is 0 Å². The Hall–Kier alpha value is -1.69. The molecule has 0 aliphatic rings. The molecule has 0 unspecified atom stereocenters. The van der Waals surface area contributed by atoms with Crippen LogP contribution in [0, 0.1) is 12.7 Å². The minimum absolute atomic E-state index is 0.0599. The van der Waals surface area contributed by atoms with E-state index in [9.17, 15) is 9.18 Å². The zero-order valence-corrected chi connectivity index (χ0v) is 12.5. The van der Waals surface area contributed by atoms with E-state index in [0.29, 0.717) is 23.7 Å². The molecule has 20 heavy (non-hydrogen) atoms. The van der Waals surface area contributed by atoms with E-state index >= 15 is 0 Å². The molecule has 1 aromatic carbocycles. The molecule has 0 aromatic heterocycles. The molecule has 0 aliphatic carbocycles. The van der Waals surface area contributed by atoms with Crippen molar-refractivity contribution < 1.29 is 13.9 Å². The van der Waals surface area contributed by atoms with Gasteiger partial charge in [0.15, 0.2) is 0 Å². The van der Waals surface area contributed by atoms with E-state index in [-0.39, 0.29) is 24.8 Å². The van der Waals surface area contributed by atoms with E-state index < -0.39 is 0 Å². The van der Waals surface area contributed by atoms with Gasteiger partial charge in [-0.25, -0.2) is 4.39 Å². The highest BCUT2D eigenvalue weighted by atomic mass is 32.1. The molecule has 1 rings (SSSR count). The van der Waals surface area contributed by atoms with Crippen molar-refractivity contribution in [2.75, 3.05) is 20.2 Å². The number of rotatable bonds is 7. The summed E-state index contributed by atoms with van der Waals surface area (Å²) in [4.78, 5) is 13.7. The van der Waals surface area contributed by atoms with E-state index in [1.165, 1.54) is 12.1 Å². The molecule has 0 bridgehead atoms. The van der Waals surface area contributed by atoms with Crippen molar-refractivity contribution in [3.8, 4) is 5.75 Å². The van der Waals surface area contributed by atoms with Crippen LogP contribution in [0.1, 0.15) is 18.4 Å². The van der Waals surface area contributed by atoms with Crippen molar-refractivity contribution in [2.45, 2.75) is 19.8 Å². The first kappa shape index (κ1) is 16.4. The molecule has 4 nitrogen and oxygen atoms in total. The smallest absolute Gasteiger partial charge is 0.225 e. The van der Waals surface area contributed by atoms with Gasteiger partial charge in [-0.15, -0.1) is 0 Å². The van der Waals surface area contributed by atoms with Crippen molar-refractivity contribution >= 4 is 23.1 Å². The maximum absolute atomic E-state index is 13.1. The molecule has 6 heteroatoms. The maximum Gasteiger partial charge on any atom is 0.225 e. The first-order valence-corrected chi connectivity index (χ1v) is 6.72. The second kappa shape index (κ2) is 7.79. The summed E-state index contributed by atoms with van der Waals surface area (Å²) in [6, 6.07) is 4.33. The number of carbonyl (C=O) groups excluding carboxylic acids is 1. The molecular formula is C14H19FN2O2S. The molecular weight excluding hydrogens is 279 g/mol. The largest absolute Gasteiger partial charge is 0.493 e. The highest BCUT2D eigenvalue weighted by Gasteiger charge is 2.09. The van der Waals surface area contributed by atoms with E-state index in [2.05, 4.69) is 0 Å². The lowest BCUT2D eigenvalue weighted by molar-refractivity contribution is -0.130. The Morgan fingerprint density at radius 2 is 2.15 bits per heavy atom. The number of nitrogens with zero attached hydrogens (tertiary/aromatic N) is 1. The predicted molar refractivity (Wildman–Crippen MR) is 80.3 cm³/mol. The van der Waals surface area contributed by atoms with Crippen molar-refractivity contribution in [2.24, 2.45) is 5.73 Å². The van der Waals surface area contributed by atoms with Gasteiger partial charge in [-0.3, -0.25) is 4.79 Å². The van der Waals surface area contributed by atoms with E-state index in [1.54, 1.807) is 18.0 Å². The standard InChI is InChI=1S/C14H19FN2O2S/c1-10-3-4-11(15)9-12(10)19-8-6-14(18)17(2)7-5-13(16)20/h3-4,9H,5-8H2,1-2H3,(H2,16,20). The fourth-order valence-electron chi connectivity index (χ4n) is 1.57. The van der Waals surface area contributed by atoms with Crippen molar-refractivity contribution in [1.29, 1.82) is 0 Å². The van der Waals surface area contributed by atoms with Crippen LogP contribution in [-0.2, 0) is 4.79 Å². The number of hydrogen-bond donors (Lipinski definition) is 1. The lowest BCUT2D eigenvalue weighted by Gasteiger charge is -2.17. The maximum atomic E-state index is 13.1. The molecule has 1 amide bonds. The third kappa shape index (κ3) is 5.52. The number of amides is 1. The summed E-state index contributed by atoms with van der Waals surface area (Å²) in [6.07, 6.45) is 0.727. The Bertz CT molecular complexity index is 494. The number of aryl methyl sites for hydroxylation is 1. The molecule has 0 atom stereocenters. The lowest BCUT2D eigenvalue weighted by atomic mass is 10.2. The van der Waals surface area contributed by atoms with E-state index in [1.807, 2.05) is 6.92 Å². The van der Waals surface area contributed by atoms with Crippen LogP contribution in [0.4, 0.5) is 4.39 Å².